The molecule has 0 bridgehead atoms. The van der Waals surface area contributed by atoms with Gasteiger partial charge in [0.2, 0.25) is 5.91 Å². The number of carbonyl (C=O) groups excluding carboxylic acids is 1. The summed E-state index contributed by atoms with van der Waals surface area (Å²) in [4.78, 5) is 11.9. The minimum atomic E-state index is 0. The maximum atomic E-state index is 11.9. The van der Waals surface area contributed by atoms with E-state index in [2.05, 4.69) is 17.6 Å². The van der Waals surface area contributed by atoms with E-state index in [0.29, 0.717) is 12.3 Å². The maximum absolute atomic E-state index is 11.9. The van der Waals surface area contributed by atoms with Gasteiger partial charge in [-0.05, 0) is 17.5 Å². The molecule has 1 aromatic carbocycles. The van der Waals surface area contributed by atoms with Crippen molar-refractivity contribution < 1.29 is 9.53 Å². The van der Waals surface area contributed by atoms with Crippen LogP contribution in [0.25, 0.3) is 0 Å². The van der Waals surface area contributed by atoms with Crippen molar-refractivity contribution in [3.63, 3.8) is 0 Å². The van der Waals surface area contributed by atoms with Crippen molar-refractivity contribution in [3.05, 3.63) is 29.8 Å². The Morgan fingerprint density at radius 2 is 2.15 bits per heavy atom. The summed E-state index contributed by atoms with van der Waals surface area (Å²) in [5.41, 5.74) is 1.09. The topological polar surface area (TPSA) is 50.4 Å². The zero-order valence-corrected chi connectivity index (χ0v) is 12.8. The first-order valence-electron chi connectivity index (χ1n) is 6.81. The van der Waals surface area contributed by atoms with Crippen LogP contribution < -0.4 is 15.4 Å². The molecule has 2 N–H and O–H groups in total. The summed E-state index contributed by atoms with van der Waals surface area (Å²) in [5, 5.41) is 6.20. The third kappa shape index (κ3) is 4.39. The van der Waals surface area contributed by atoms with Crippen LogP contribution in [0.15, 0.2) is 24.3 Å². The highest BCUT2D eigenvalue weighted by Gasteiger charge is 2.19. The molecule has 0 spiro atoms. The van der Waals surface area contributed by atoms with E-state index in [9.17, 15) is 4.79 Å². The van der Waals surface area contributed by atoms with Gasteiger partial charge in [-0.2, -0.15) is 0 Å². The maximum Gasteiger partial charge on any atom is 0.220 e. The molecule has 112 valence electrons. The number of hydrogen-bond acceptors (Lipinski definition) is 3. The van der Waals surface area contributed by atoms with Gasteiger partial charge >= 0.3 is 0 Å². The van der Waals surface area contributed by atoms with Gasteiger partial charge < -0.3 is 15.4 Å². The van der Waals surface area contributed by atoms with E-state index >= 15 is 0 Å². The lowest BCUT2D eigenvalue weighted by Crippen LogP contribution is -2.48. The smallest absolute Gasteiger partial charge is 0.220 e. The molecule has 1 atom stereocenters. The number of para-hydroxylation sites is 1. The van der Waals surface area contributed by atoms with Crippen molar-refractivity contribution in [1.29, 1.82) is 0 Å². The minimum Gasteiger partial charge on any atom is -0.496 e. The van der Waals surface area contributed by atoms with E-state index in [1.165, 1.54) is 0 Å². The number of methoxy groups -OCH3 is 1. The van der Waals surface area contributed by atoms with Crippen LogP contribution in [0, 0.1) is 5.92 Å². The molecule has 4 nitrogen and oxygen atoms in total. The van der Waals surface area contributed by atoms with Crippen molar-refractivity contribution in [2.75, 3.05) is 26.7 Å². The molecule has 1 aliphatic heterocycles. The number of nitrogens with one attached hydrogen (secondary N) is 2. The summed E-state index contributed by atoms with van der Waals surface area (Å²) >= 11 is 0. The molecule has 5 heteroatoms. The fraction of sp³-hybridized carbons (Fsp3) is 0.533. The van der Waals surface area contributed by atoms with Crippen molar-refractivity contribution in [2.24, 2.45) is 5.92 Å². The molecule has 0 radical (unpaired) electrons. The summed E-state index contributed by atoms with van der Waals surface area (Å²) in [6, 6.07) is 7.88. The van der Waals surface area contributed by atoms with Crippen LogP contribution in [0.1, 0.15) is 24.8 Å². The largest absolute Gasteiger partial charge is 0.496 e. The minimum absolute atomic E-state index is 0. The predicted octanol–water partition coefficient (Wildman–Crippen LogP) is 1.95. The van der Waals surface area contributed by atoms with Crippen LogP contribution in [-0.2, 0) is 4.79 Å². The van der Waals surface area contributed by atoms with Crippen molar-refractivity contribution >= 4 is 18.3 Å². The monoisotopic (exact) mass is 298 g/mol. The summed E-state index contributed by atoms with van der Waals surface area (Å²) in [6.45, 7) is 4.87. The standard InChI is InChI=1S/C15H22N2O2.ClH/c1-11(13-5-3-4-6-14(13)19-2)7-15(18)17-10-12-8-16-9-12;/h3-6,11-12,16H,7-10H2,1-2H3,(H,17,18);1H. The normalized spacial score (nSPS) is 15.7. The van der Waals surface area contributed by atoms with Crippen LogP contribution in [0.4, 0.5) is 0 Å². The molecule has 0 aromatic heterocycles. The lowest BCUT2D eigenvalue weighted by molar-refractivity contribution is -0.121. The Hall–Kier alpha value is -1.26. The number of halogens is 1. The highest BCUT2D eigenvalue weighted by atomic mass is 35.5. The molecule has 0 aliphatic carbocycles. The second-order valence-electron chi connectivity index (χ2n) is 5.18. The van der Waals surface area contributed by atoms with Gasteiger partial charge in [-0.15, -0.1) is 12.4 Å². The van der Waals surface area contributed by atoms with Crippen molar-refractivity contribution in [3.8, 4) is 5.75 Å². The molecule has 1 unspecified atom stereocenters. The SMILES string of the molecule is COc1ccccc1C(C)CC(=O)NCC1CNC1.Cl. The average molecular weight is 299 g/mol. The third-order valence-electron chi connectivity index (χ3n) is 3.62. The zero-order chi connectivity index (χ0) is 13.7. The quantitative estimate of drug-likeness (QED) is 0.844. The Balaban J connectivity index is 0.00000200. The van der Waals surface area contributed by atoms with E-state index in [4.69, 9.17) is 4.74 Å². The Bertz CT molecular complexity index is 436. The summed E-state index contributed by atoms with van der Waals surface area (Å²) in [7, 11) is 1.66. The van der Waals surface area contributed by atoms with Crippen LogP contribution >= 0.6 is 12.4 Å². The van der Waals surface area contributed by atoms with Gasteiger partial charge in [0.05, 0.1) is 7.11 Å². The Morgan fingerprint density at radius 3 is 2.75 bits per heavy atom. The van der Waals surface area contributed by atoms with Crippen LogP contribution in [0.3, 0.4) is 0 Å². The lowest BCUT2D eigenvalue weighted by Gasteiger charge is -2.27. The molecule has 1 aliphatic rings. The van der Waals surface area contributed by atoms with Gasteiger partial charge in [-0.3, -0.25) is 4.79 Å². The molecule has 0 saturated carbocycles. The van der Waals surface area contributed by atoms with Gasteiger partial charge in [0.1, 0.15) is 5.75 Å². The molecular weight excluding hydrogens is 276 g/mol. The van der Waals surface area contributed by atoms with E-state index in [1.54, 1.807) is 7.11 Å². The second-order valence-corrected chi connectivity index (χ2v) is 5.18. The lowest BCUT2D eigenvalue weighted by atomic mass is 9.96. The molecule has 1 amide bonds. The third-order valence-corrected chi connectivity index (χ3v) is 3.62. The van der Waals surface area contributed by atoms with Crippen LogP contribution in [0.2, 0.25) is 0 Å². The number of rotatable bonds is 6. The molecule has 1 heterocycles. The molecule has 20 heavy (non-hydrogen) atoms. The van der Waals surface area contributed by atoms with Gasteiger partial charge in [0.15, 0.2) is 0 Å². The van der Waals surface area contributed by atoms with Crippen LogP contribution in [0.5, 0.6) is 5.75 Å². The van der Waals surface area contributed by atoms with E-state index in [0.717, 1.165) is 30.9 Å². The fourth-order valence-corrected chi connectivity index (χ4v) is 2.28. The number of amides is 1. The Labute approximate surface area is 126 Å². The van der Waals surface area contributed by atoms with E-state index < -0.39 is 0 Å². The van der Waals surface area contributed by atoms with Crippen molar-refractivity contribution in [2.45, 2.75) is 19.3 Å². The van der Waals surface area contributed by atoms with E-state index in [1.807, 2.05) is 24.3 Å². The Morgan fingerprint density at radius 1 is 1.45 bits per heavy atom. The molecule has 1 fully saturated rings. The number of carbonyl (C=O) groups is 1. The zero-order valence-electron chi connectivity index (χ0n) is 12.0. The predicted molar refractivity (Wildman–Crippen MR) is 82.6 cm³/mol. The average Bonchev–Trinajstić information content (AvgIpc) is 2.36. The number of hydrogen-bond donors (Lipinski definition) is 2. The van der Waals surface area contributed by atoms with E-state index in [-0.39, 0.29) is 24.2 Å². The number of benzene rings is 1. The molecule has 2 rings (SSSR count). The first-order chi connectivity index (χ1) is 9.20. The van der Waals surface area contributed by atoms with Gasteiger partial charge in [0, 0.05) is 32.0 Å². The Kier molecular flexibility index (Phi) is 6.82. The molecule has 1 aromatic rings. The fourth-order valence-electron chi connectivity index (χ4n) is 2.28. The summed E-state index contributed by atoms with van der Waals surface area (Å²) < 4.78 is 5.33. The summed E-state index contributed by atoms with van der Waals surface area (Å²) in [6.07, 6.45) is 0.501. The highest BCUT2D eigenvalue weighted by Crippen LogP contribution is 2.28. The molecule has 1 saturated heterocycles. The first-order valence-corrected chi connectivity index (χ1v) is 6.81. The van der Waals surface area contributed by atoms with Crippen molar-refractivity contribution in [1.82, 2.24) is 10.6 Å². The highest BCUT2D eigenvalue weighted by molar-refractivity contribution is 5.85. The van der Waals surface area contributed by atoms with Gasteiger partial charge in [-0.1, -0.05) is 25.1 Å². The molecular formula is C15H23ClN2O2. The summed E-state index contributed by atoms with van der Waals surface area (Å²) in [5.74, 6) is 1.73. The second kappa shape index (κ2) is 8.12. The number of ether oxygens (including phenoxy) is 1. The first kappa shape index (κ1) is 16.8. The van der Waals surface area contributed by atoms with Crippen LogP contribution in [-0.4, -0.2) is 32.7 Å². The van der Waals surface area contributed by atoms with Gasteiger partial charge in [0.25, 0.3) is 0 Å². The van der Waals surface area contributed by atoms with Gasteiger partial charge in [-0.25, -0.2) is 0 Å².